The second-order valence-corrected chi connectivity index (χ2v) is 7.90. The standard InChI is InChI=1S/C26H23Cl2FN2O4/c1-3-11-34-23-10-9-18(14-24(23)33-4-2)26(32)31-30-15-17-12-20(27)25(21(28)13-17)35-16-19-7-5-6-8-22(19)29/h3,5-10,12-15H,1,4,11,16H2,2H3,(H,31,32)/b30-15+. The number of ether oxygens (including phenoxy) is 3. The molecule has 1 amide bonds. The van der Waals surface area contributed by atoms with Crippen LogP contribution < -0.4 is 19.6 Å². The lowest BCUT2D eigenvalue weighted by Crippen LogP contribution is -2.17. The van der Waals surface area contributed by atoms with Crippen LogP contribution in [0.5, 0.6) is 17.2 Å². The zero-order valence-electron chi connectivity index (χ0n) is 18.9. The summed E-state index contributed by atoms with van der Waals surface area (Å²) in [6, 6.07) is 14.2. The largest absolute Gasteiger partial charge is 0.490 e. The highest BCUT2D eigenvalue weighted by molar-refractivity contribution is 6.37. The lowest BCUT2D eigenvalue weighted by Gasteiger charge is -2.12. The van der Waals surface area contributed by atoms with Crippen molar-refractivity contribution in [3.8, 4) is 17.2 Å². The fourth-order valence-corrected chi connectivity index (χ4v) is 3.59. The van der Waals surface area contributed by atoms with E-state index in [2.05, 4.69) is 17.1 Å². The van der Waals surface area contributed by atoms with Gasteiger partial charge in [-0.25, -0.2) is 9.82 Å². The van der Waals surface area contributed by atoms with Gasteiger partial charge < -0.3 is 14.2 Å². The molecule has 9 heteroatoms. The first-order valence-electron chi connectivity index (χ1n) is 10.6. The highest BCUT2D eigenvalue weighted by Crippen LogP contribution is 2.34. The molecule has 3 aromatic rings. The Hall–Kier alpha value is -3.55. The monoisotopic (exact) mass is 516 g/mol. The fraction of sp³-hybridized carbons (Fsp3) is 0.154. The molecule has 0 unspecified atom stereocenters. The summed E-state index contributed by atoms with van der Waals surface area (Å²) in [4.78, 5) is 12.5. The minimum Gasteiger partial charge on any atom is -0.490 e. The predicted octanol–water partition coefficient (Wildman–Crippen LogP) is 6.44. The van der Waals surface area contributed by atoms with Gasteiger partial charge in [0.15, 0.2) is 17.2 Å². The van der Waals surface area contributed by atoms with Gasteiger partial charge in [0, 0.05) is 11.1 Å². The molecule has 3 rings (SSSR count). The van der Waals surface area contributed by atoms with Crippen molar-refractivity contribution in [2.24, 2.45) is 5.10 Å². The molecule has 0 saturated carbocycles. The average molecular weight is 517 g/mol. The molecule has 0 atom stereocenters. The van der Waals surface area contributed by atoms with E-state index in [1.807, 2.05) is 6.92 Å². The Bertz CT molecular complexity index is 1210. The minimum atomic E-state index is -0.445. The molecule has 0 aliphatic heterocycles. The number of hydrogen-bond acceptors (Lipinski definition) is 5. The van der Waals surface area contributed by atoms with Crippen LogP contribution in [-0.2, 0) is 6.61 Å². The third-order valence-corrected chi connectivity index (χ3v) is 5.15. The number of nitrogens with one attached hydrogen (secondary N) is 1. The lowest BCUT2D eigenvalue weighted by molar-refractivity contribution is 0.0954. The van der Waals surface area contributed by atoms with E-state index in [0.717, 1.165) is 0 Å². The molecule has 0 heterocycles. The molecule has 35 heavy (non-hydrogen) atoms. The van der Waals surface area contributed by atoms with E-state index in [9.17, 15) is 9.18 Å². The van der Waals surface area contributed by atoms with Gasteiger partial charge in [0.05, 0.1) is 22.9 Å². The molecule has 3 aromatic carbocycles. The summed E-state index contributed by atoms with van der Waals surface area (Å²) in [5.74, 6) is 0.343. The number of amides is 1. The third-order valence-electron chi connectivity index (χ3n) is 4.59. The van der Waals surface area contributed by atoms with E-state index < -0.39 is 5.91 Å². The zero-order valence-corrected chi connectivity index (χ0v) is 20.4. The van der Waals surface area contributed by atoms with Crippen LogP contribution in [0.25, 0.3) is 0 Å². The number of carbonyl (C=O) groups excluding carboxylic acids is 1. The predicted molar refractivity (Wildman–Crippen MR) is 136 cm³/mol. The maximum absolute atomic E-state index is 13.8. The number of hydrazone groups is 1. The average Bonchev–Trinajstić information content (AvgIpc) is 2.84. The van der Waals surface area contributed by atoms with Gasteiger partial charge in [0.2, 0.25) is 0 Å². The Balaban J connectivity index is 1.65. The van der Waals surface area contributed by atoms with Crippen molar-refractivity contribution in [2.45, 2.75) is 13.5 Å². The van der Waals surface area contributed by atoms with Crippen molar-refractivity contribution < 1.29 is 23.4 Å². The first-order chi connectivity index (χ1) is 16.9. The van der Waals surface area contributed by atoms with Crippen LogP contribution in [0.15, 0.2) is 72.4 Å². The zero-order chi connectivity index (χ0) is 25.2. The maximum atomic E-state index is 13.8. The second kappa shape index (κ2) is 12.8. The van der Waals surface area contributed by atoms with Crippen LogP contribution in [-0.4, -0.2) is 25.3 Å². The van der Waals surface area contributed by atoms with Crippen molar-refractivity contribution in [1.29, 1.82) is 0 Å². The van der Waals surface area contributed by atoms with Gasteiger partial charge >= 0.3 is 0 Å². The van der Waals surface area contributed by atoms with Gasteiger partial charge in [-0.3, -0.25) is 4.79 Å². The number of halogens is 3. The summed E-state index contributed by atoms with van der Waals surface area (Å²) in [6.45, 7) is 6.14. The van der Waals surface area contributed by atoms with E-state index in [-0.39, 0.29) is 28.2 Å². The van der Waals surface area contributed by atoms with Crippen LogP contribution in [0.2, 0.25) is 10.0 Å². The summed E-state index contributed by atoms with van der Waals surface area (Å²) in [6.07, 6.45) is 3.01. The van der Waals surface area contributed by atoms with Crippen molar-refractivity contribution in [3.63, 3.8) is 0 Å². The normalized spacial score (nSPS) is 10.7. The van der Waals surface area contributed by atoms with Crippen LogP contribution in [0.4, 0.5) is 4.39 Å². The molecule has 0 radical (unpaired) electrons. The first-order valence-corrected chi connectivity index (χ1v) is 11.4. The number of carbonyl (C=O) groups is 1. The maximum Gasteiger partial charge on any atom is 0.271 e. The Morgan fingerprint density at radius 3 is 2.49 bits per heavy atom. The topological polar surface area (TPSA) is 69.2 Å². The quantitative estimate of drug-likeness (QED) is 0.181. The van der Waals surface area contributed by atoms with Crippen molar-refractivity contribution in [1.82, 2.24) is 5.43 Å². The van der Waals surface area contributed by atoms with E-state index in [1.54, 1.807) is 54.6 Å². The number of benzene rings is 3. The van der Waals surface area contributed by atoms with Crippen LogP contribution >= 0.6 is 23.2 Å². The van der Waals surface area contributed by atoms with Crippen LogP contribution in [0, 0.1) is 5.82 Å². The Morgan fingerprint density at radius 1 is 1.06 bits per heavy atom. The van der Waals surface area contributed by atoms with E-state index in [1.165, 1.54) is 12.3 Å². The Labute approximate surface area is 212 Å². The molecular weight excluding hydrogens is 494 g/mol. The summed E-state index contributed by atoms with van der Waals surface area (Å²) >= 11 is 12.6. The summed E-state index contributed by atoms with van der Waals surface area (Å²) < 4.78 is 30.5. The van der Waals surface area contributed by atoms with Crippen molar-refractivity contribution in [2.75, 3.05) is 13.2 Å². The second-order valence-electron chi connectivity index (χ2n) is 7.09. The fourth-order valence-electron chi connectivity index (χ4n) is 2.97. The molecular formula is C26H23Cl2FN2O4. The van der Waals surface area contributed by atoms with Gasteiger partial charge in [-0.15, -0.1) is 0 Å². The van der Waals surface area contributed by atoms with Crippen molar-refractivity contribution >= 4 is 35.3 Å². The molecule has 1 N–H and O–H groups in total. The molecule has 0 saturated heterocycles. The molecule has 6 nitrogen and oxygen atoms in total. The molecule has 0 aromatic heterocycles. The van der Waals surface area contributed by atoms with Gasteiger partial charge in [-0.2, -0.15) is 5.10 Å². The van der Waals surface area contributed by atoms with Gasteiger partial charge in [-0.05, 0) is 48.9 Å². The number of nitrogens with zero attached hydrogens (tertiary/aromatic N) is 1. The summed E-state index contributed by atoms with van der Waals surface area (Å²) in [5.41, 5.74) is 3.69. The summed E-state index contributed by atoms with van der Waals surface area (Å²) in [5, 5.41) is 4.41. The molecule has 0 aliphatic rings. The molecule has 182 valence electrons. The first kappa shape index (κ1) is 26.1. The van der Waals surface area contributed by atoms with Crippen LogP contribution in [0.1, 0.15) is 28.4 Å². The highest BCUT2D eigenvalue weighted by Gasteiger charge is 2.13. The Kier molecular flexibility index (Phi) is 9.52. The highest BCUT2D eigenvalue weighted by atomic mass is 35.5. The molecule has 0 spiro atoms. The van der Waals surface area contributed by atoms with E-state index in [0.29, 0.717) is 41.4 Å². The molecule has 0 bridgehead atoms. The smallest absolute Gasteiger partial charge is 0.271 e. The minimum absolute atomic E-state index is 0.0310. The van der Waals surface area contributed by atoms with E-state index >= 15 is 0 Å². The Morgan fingerprint density at radius 2 is 1.80 bits per heavy atom. The van der Waals surface area contributed by atoms with Crippen LogP contribution in [0.3, 0.4) is 0 Å². The van der Waals surface area contributed by atoms with Gasteiger partial charge in [-0.1, -0.05) is 54.1 Å². The summed E-state index contributed by atoms with van der Waals surface area (Å²) in [7, 11) is 0. The van der Waals surface area contributed by atoms with Gasteiger partial charge in [0.25, 0.3) is 5.91 Å². The molecule has 0 fully saturated rings. The lowest BCUT2D eigenvalue weighted by atomic mass is 10.2. The third kappa shape index (κ3) is 7.21. The number of hydrogen-bond donors (Lipinski definition) is 1. The number of rotatable bonds is 11. The molecule has 0 aliphatic carbocycles. The SMILES string of the molecule is C=CCOc1ccc(C(=O)N/N=C/c2cc(Cl)c(OCc3ccccc3F)c(Cl)c2)cc1OCC. The van der Waals surface area contributed by atoms with Gasteiger partial charge in [0.1, 0.15) is 19.0 Å². The van der Waals surface area contributed by atoms with E-state index in [4.69, 9.17) is 37.4 Å². The van der Waals surface area contributed by atoms with Crippen molar-refractivity contribution in [3.05, 3.63) is 99.8 Å².